The van der Waals surface area contributed by atoms with Crippen LogP contribution in [0.4, 0.5) is 0 Å². The Bertz CT molecular complexity index is 1150. The molecule has 3 heterocycles. The molecule has 0 radical (unpaired) electrons. The Balaban J connectivity index is 1.51. The maximum atomic E-state index is 13.3. The fourth-order valence-corrected chi connectivity index (χ4v) is 5.32. The highest BCUT2D eigenvalue weighted by Crippen LogP contribution is 2.27. The molecule has 2 aromatic heterocycles. The van der Waals surface area contributed by atoms with Crippen LogP contribution in [0, 0.1) is 6.92 Å². The van der Waals surface area contributed by atoms with Crippen molar-refractivity contribution in [3.05, 3.63) is 47.7 Å². The summed E-state index contributed by atoms with van der Waals surface area (Å²) in [6.07, 6.45) is 1.71. The molecule has 8 nitrogen and oxygen atoms in total. The van der Waals surface area contributed by atoms with Crippen LogP contribution < -0.4 is 0 Å². The van der Waals surface area contributed by atoms with Crippen molar-refractivity contribution >= 4 is 20.9 Å². The molecule has 160 valence electrons. The number of pyridine rings is 1. The standard InChI is InChI=1S/C21H27N5O3S/c1-14(2)20-23-21(29-24-20)16(4)25-8-10-26(11-9-25)30(27,28)18-7-5-6-17-12-15(3)13-22-19(17)18/h5-7,12-14,16H,8-11H2,1-4H3/t16-/m0/s1. The third kappa shape index (κ3) is 3.84. The molecule has 0 amide bonds. The third-order valence-electron chi connectivity index (χ3n) is 5.58. The van der Waals surface area contributed by atoms with Gasteiger partial charge in [0.15, 0.2) is 5.82 Å². The van der Waals surface area contributed by atoms with Gasteiger partial charge in [-0.2, -0.15) is 9.29 Å². The lowest BCUT2D eigenvalue weighted by molar-refractivity contribution is 0.124. The van der Waals surface area contributed by atoms with Crippen LogP contribution in [0.5, 0.6) is 0 Å². The molecule has 1 aliphatic rings. The van der Waals surface area contributed by atoms with E-state index in [2.05, 4.69) is 20.0 Å². The summed E-state index contributed by atoms with van der Waals surface area (Å²) in [5.41, 5.74) is 1.52. The molecule has 1 aliphatic heterocycles. The zero-order valence-corrected chi connectivity index (χ0v) is 18.6. The summed E-state index contributed by atoms with van der Waals surface area (Å²) in [4.78, 5) is 11.3. The molecular formula is C21H27N5O3S. The van der Waals surface area contributed by atoms with Crippen molar-refractivity contribution in [3.63, 3.8) is 0 Å². The summed E-state index contributed by atoms with van der Waals surface area (Å²) in [5.74, 6) is 1.47. The molecule has 0 saturated carbocycles. The van der Waals surface area contributed by atoms with E-state index < -0.39 is 10.0 Å². The SMILES string of the molecule is Cc1cnc2c(S(=O)(=O)N3CCN([C@@H](C)c4nc(C(C)C)no4)CC3)cccc2c1. The first-order valence-electron chi connectivity index (χ1n) is 10.2. The zero-order chi connectivity index (χ0) is 21.5. The Labute approximate surface area is 176 Å². The van der Waals surface area contributed by atoms with Gasteiger partial charge in [-0.05, 0) is 31.5 Å². The van der Waals surface area contributed by atoms with E-state index >= 15 is 0 Å². The number of para-hydroxylation sites is 1. The molecule has 1 atom stereocenters. The van der Waals surface area contributed by atoms with Gasteiger partial charge in [0.2, 0.25) is 15.9 Å². The Morgan fingerprint density at radius 1 is 1.10 bits per heavy atom. The van der Waals surface area contributed by atoms with Crippen LogP contribution in [0.3, 0.4) is 0 Å². The Morgan fingerprint density at radius 3 is 2.50 bits per heavy atom. The summed E-state index contributed by atoms with van der Waals surface area (Å²) in [5, 5.41) is 4.87. The molecule has 0 bridgehead atoms. The van der Waals surface area contributed by atoms with Crippen LogP contribution >= 0.6 is 0 Å². The maximum Gasteiger partial charge on any atom is 0.245 e. The van der Waals surface area contributed by atoms with Gasteiger partial charge in [0.05, 0.1) is 11.6 Å². The monoisotopic (exact) mass is 429 g/mol. The lowest BCUT2D eigenvalue weighted by Crippen LogP contribution is -2.49. The summed E-state index contributed by atoms with van der Waals surface area (Å²) < 4.78 is 33.6. The number of aromatic nitrogens is 3. The number of aryl methyl sites for hydroxylation is 1. The lowest BCUT2D eigenvalue weighted by Gasteiger charge is -2.36. The summed E-state index contributed by atoms with van der Waals surface area (Å²) >= 11 is 0. The van der Waals surface area contributed by atoms with Gasteiger partial charge in [-0.3, -0.25) is 9.88 Å². The van der Waals surface area contributed by atoms with Gasteiger partial charge in [0, 0.05) is 43.7 Å². The molecule has 1 aromatic carbocycles. The van der Waals surface area contributed by atoms with Crippen LogP contribution in [-0.4, -0.2) is 58.9 Å². The van der Waals surface area contributed by atoms with Gasteiger partial charge in [0.1, 0.15) is 4.90 Å². The Morgan fingerprint density at radius 2 is 1.83 bits per heavy atom. The molecule has 4 rings (SSSR count). The van der Waals surface area contributed by atoms with Crippen LogP contribution in [0.25, 0.3) is 10.9 Å². The van der Waals surface area contributed by atoms with Crippen molar-refractivity contribution in [1.29, 1.82) is 0 Å². The normalized spacial score (nSPS) is 17.6. The van der Waals surface area contributed by atoms with Crippen LogP contribution in [-0.2, 0) is 10.0 Å². The van der Waals surface area contributed by atoms with Crippen molar-refractivity contribution < 1.29 is 12.9 Å². The first-order valence-corrected chi connectivity index (χ1v) is 11.6. The largest absolute Gasteiger partial charge is 0.338 e. The number of fused-ring (bicyclic) bond motifs is 1. The van der Waals surface area contributed by atoms with Gasteiger partial charge >= 0.3 is 0 Å². The first-order chi connectivity index (χ1) is 14.3. The summed E-state index contributed by atoms with van der Waals surface area (Å²) in [6.45, 7) is 9.99. The van der Waals surface area contributed by atoms with Gasteiger partial charge in [-0.25, -0.2) is 8.42 Å². The van der Waals surface area contributed by atoms with Crippen molar-refractivity contribution in [1.82, 2.24) is 24.3 Å². The smallest absolute Gasteiger partial charge is 0.245 e. The number of benzene rings is 1. The van der Waals surface area contributed by atoms with Crippen molar-refractivity contribution in [2.45, 2.75) is 44.6 Å². The van der Waals surface area contributed by atoms with E-state index in [-0.39, 0.29) is 16.9 Å². The average Bonchev–Trinajstić information content (AvgIpc) is 3.23. The zero-order valence-electron chi connectivity index (χ0n) is 17.7. The molecule has 1 fully saturated rings. The van der Waals surface area contributed by atoms with Crippen LogP contribution in [0.15, 0.2) is 39.9 Å². The average molecular weight is 430 g/mol. The topological polar surface area (TPSA) is 92.4 Å². The highest BCUT2D eigenvalue weighted by molar-refractivity contribution is 7.89. The Hall–Kier alpha value is -2.36. The van der Waals surface area contributed by atoms with Crippen LogP contribution in [0.2, 0.25) is 0 Å². The lowest BCUT2D eigenvalue weighted by atomic mass is 10.2. The minimum absolute atomic E-state index is 0.0583. The van der Waals surface area contributed by atoms with Crippen molar-refractivity contribution in [2.75, 3.05) is 26.2 Å². The van der Waals surface area contributed by atoms with Crippen LogP contribution in [0.1, 0.15) is 50.0 Å². The molecule has 0 spiro atoms. The van der Waals surface area contributed by atoms with E-state index in [0.29, 0.717) is 43.4 Å². The highest BCUT2D eigenvalue weighted by atomic mass is 32.2. The van der Waals surface area contributed by atoms with Gasteiger partial charge in [-0.15, -0.1) is 0 Å². The minimum atomic E-state index is -3.63. The van der Waals surface area contributed by atoms with Gasteiger partial charge in [0.25, 0.3) is 0 Å². The van der Waals surface area contributed by atoms with E-state index in [1.165, 1.54) is 0 Å². The second-order valence-corrected chi connectivity index (χ2v) is 10.0. The molecule has 1 saturated heterocycles. The second-order valence-electron chi connectivity index (χ2n) is 8.10. The summed E-state index contributed by atoms with van der Waals surface area (Å²) in [7, 11) is -3.63. The quantitative estimate of drug-likeness (QED) is 0.615. The number of rotatable bonds is 5. The van der Waals surface area contributed by atoms with E-state index in [9.17, 15) is 8.42 Å². The highest BCUT2D eigenvalue weighted by Gasteiger charge is 2.33. The predicted molar refractivity (Wildman–Crippen MR) is 114 cm³/mol. The molecule has 3 aromatic rings. The predicted octanol–water partition coefficient (Wildman–Crippen LogP) is 3.12. The number of piperazine rings is 1. The van der Waals surface area contributed by atoms with E-state index in [1.54, 1.807) is 22.6 Å². The van der Waals surface area contributed by atoms with Crippen molar-refractivity contribution in [2.24, 2.45) is 0 Å². The molecule has 30 heavy (non-hydrogen) atoms. The van der Waals surface area contributed by atoms with E-state index in [0.717, 1.165) is 10.9 Å². The summed E-state index contributed by atoms with van der Waals surface area (Å²) in [6, 6.07) is 7.20. The number of hydrogen-bond acceptors (Lipinski definition) is 7. The van der Waals surface area contributed by atoms with E-state index in [1.807, 2.05) is 39.8 Å². The minimum Gasteiger partial charge on any atom is -0.338 e. The molecular weight excluding hydrogens is 402 g/mol. The number of hydrogen-bond donors (Lipinski definition) is 0. The molecule has 0 N–H and O–H groups in total. The fraction of sp³-hybridized carbons (Fsp3) is 0.476. The number of nitrogens with zero attached hydrogens (tertiary/aromatic N) is 5. The van der Waals surface area contributed by atoms with Crippen molar-refractivity contribution in [3.8, 4) is 0 Å². The maximum absolute atomic E-state index is 13.3. The molecule has 9 heteroatoms. The first kappa shape index (κ1) is 20.9. The third-order valence-corrected chi connectivity index (χ3v) is 7.51. The molecule has 0 unspecified atom stereocenters. The molecule has 0 aliphatic carbocycles. The van der Waals surface area contributed by atoms with Gasteiger partial charge in [-0.1, -0.05) is 31.1 Å². The van der Waals surface area contributed by atoms with Gasteiger partial charge < -0.3 is 4.52 Å². The number of sulfonamides is 1. The van der Waals surface area contributed by atoms with E-state index in [4.69, 9.17) is 4.52 Å². The fourth-order valence-electron chi connectivity index (χ4n) is 3.73. The Kier molecular flexibility index (Phi) is 5.61. The second kappa shape index (κ2) is 8.05.